The molecular weight excluding hydrogens is 426 g/mol. The zero-order chi connectivity index (χ0) is 22.7. The van der Waals surface area contributed by atoms with Crippen LogP contribution in [0, 0.1) is 0 Å². The topological polar surface area (TPSA) is 77.1 Å². The van der Waals surface area contributed by atoms with Crippen molar-refractivity contribution in [2.75, 3.05) is 50.5 Å². The normalized spacial score (nSPS) is 17.5. The quantitative estimate of drug-likeness (QED) is 0.655. The molecule has 2 aliphatic heterocycles. The van der Waals surface area contributed by atoms with Gasteiger partial charge >= 0.3 is 0 Å². The first-order valence-electron chi connectivity index (χ1n) is 11.0. The van der Waals surface area contributed by atoms with Crippen LogP contribution in [-0.4, -0.2) is 79.1 Å². The number of nitrogens with zero attached hydrogens (tertiary/aromatic N) is 5. The Balaban J connectivity index is 1.36. The predicted molar refractivity (Wildman–Crippen MR) is 125 cm³/mol. The molecule has 0 N–H and O–H groups in total. The Morgan fingerprint density at radius 1 is 1.06 bits per heavy atom. The van der Waals surface area contributed by atoms with E-state index in [9.17, 15) is 13.2 Å². The van der Waals surface area contributed by atoms with Gasteiger partial charge in [0.25, 0.3) is 0 Å². The molecule has 0 spiro atoms. The van der Waals surface area contributed by atoms with Crippen LogP contribution < -0.4 is 4.90 Å². The van der Waals surface area contributed by atoms with Crippen LogP contribution in [0.1, 0.15) is 23.7 Å². The molecule has 0 bridgehead atoms. The summed E-state index contributed by atoms with van der Waals surface area (Å²) in [4.78, 5) is 22.0. The molecule has 2 aromatic rings. The van der Waals surface area contributed by atoms with Crippen molar-refractivity contribution in [3.8, 4) is 0 Å². The van der Waals surface area contributed by atoms with Crippen molar-refractivity contribution in [1.82, 2.24) is 19.1 Å². The van der Waals surface area contributed by atoms with Gasteiger partial charge in [-0.05, 0) is 41.8 Å². The molecule has 9 heteroatoms. The summed E-state index contributed by atoms with van der Waals surface area (Å²) in [6, 6.07) is 12.0. The van der Waals surface area contributed by atoms with Crippen molar-refractivity contribution >= 4 is 21.6 Å². The van der Waals surface area contributed by atoms with E-state index >= 15 is 0 Å². The fourth-order valence-corrected chi connectivity index (χ4v) is 5.54. The van der Waals surface area contributed by atoms with Gasteiger partial charge in [0.1, 0.15) is 5.88 Å². The van der Waals surface area contributed by atoms with Gasteiger partial charge in [-0.15, -0.1) is 0 Å². The molecule has 4 rings (SSSR count). The van der Waals surface area contributed by atoms with E-state index in [1.54, 1.807) is 20.2 Å². The number of fused-ring (bicyclic) bond motifs is 1. The van der Waals surface area contributed by atoms with Crippen molar-refractivity contribution < 1.29 is 13.2 Å². The van der Waals surface area contributed by atoms with Gasteiger partial charge in [0.2, 0.25) is 15.9 Å². The Kier molecular flexibility index (Phi) is 6.78. The summed E-state index contributed by atoms with van der Waals surface area (Å²) in [7, 11) is -1.81. The maximum Gasteiger partial charge on any atom is 0.227 e. The predicted octanol–water partition coefficient (Wildman–Crippen LogP) is 1.53. The lowest BCUT2D eigenvalue weighted by Gasteiger charge is -2.36. The number of piperazine rings is 1. The standard InChI is InChI=1S/C23H31N5O3S/c1-19(29)27-11-13-28(14-12-27)23-7-6-21-16-26(10-8-20(21)15-23)18-32(30,31)25(2)17-22-5-3-4-9-24-22/h3-7,9,15H,8,10-14,16-18H2,1-2H3. The van der Waals surface area contributed by atoms with E-state index in [0.29, 0.717) is 13.1 Å². The van der Waals surface area contributed by atoms with Gasteiger partial charge in [-0.2, -0.15) is 4.31 Å². The van der Waals surface area contributed by atoms with Crippen molar-refractivity contribution in [3.05, 3.63) is 59.4 Å². The second-order valence-corrected chi connectivity index (χ2v) is 10.6. The largest absolute Gasteiger partial charge is 0.368 e. The summed E-state index contributed by atoms with van der Waals surface area (Å²) in [5.74, 6) is 0.140. The number of amides is 1. The number of hydrogen-bond acceptors (Lipinski definition) is 6. The fraction of sp³-hybridized carbons (Fsp3) is 0.478. The Morgan fingerprint density at radius 3 is 2.53 bits per heavy atom. The maximum absolute atomic E-state index is 12.9. The molecule has 32 heavy (non-hydrogen) atoms. The van der Waals surface area contributed by atoms with Crippen molar-refractivity contribution in [2.24, 2.45) is 0 Å². The highest BCUT2D eigenvalue weighted by atomic mass is 32.2. The SMILES string of the molecule is CC(=O)N1CCN(c2ccc3c(c2)CCN(CS(=O)(=O)N(C)Cc2ccccn2)C3)CC1. The molecule has 1 aromatic carbocycles. The molecular formula is C23H31N5O3S. The van der Waals surface area contributed by atoms with E-state index in [2.05, 4.69) is 28.1 Å². The number of rotatable bonds is 6. The minimum Gasteiger partial charge on any atom is -0.368 e. The van der Waals surface area contributed by atoms with Crippen molar-refractivity contribution in [2.45, 2.75) is 26.4 Å². The van der Waals surface area contributed by atoms with Gasteiger partial charge in [0.15, 0.2) is 0 Å². The summed E-state index contributed by atoms with van der Waals surface area (Å²) in [5, 5.41) is 0. The monoisotopic (exact) mass is 457 g/mol. The maximum atomic E-state index is 12.9. The lowest BCUT2D eigenvalue weighted by molar-refractivity contribution is -0.129. The number of aromatic nitrogens is 1. The number of sulfonamides is 1. The van der Waals surface area contributed by atoms with Gasteiger partial charge in [0, 0.05) is 65.1 Å². The summed E-state index contributed by atoms with van der Waals surface area (Å²) in [6.45, 7) is 6.42. The van der Waals surface area contributed by atoms with Crippen molar-refractivity contribution in [1.29, 1.82) is 0 Å². The number of pyridine rings is 1. The van der Waals surface area contributed by atoms with Gasteiger partial charge in [-0.3, -0.25) is 14.7 Å². The van der Waals surface area contributed by atoms with Crippen molar-refractivity contribution in [3.63, 3.8) is 0 Å². The Labute approximate surface area is 190 Å². The number of anilines is 1. The van der Waals surface area contributed by atoms with Crippen LogP contribution in [0.3, 0.4) is 0 Å². The molecule has 8 nitrogen and oxygen atoms in total. The lowest BCUT2D eigenvalue weighted by Crippen LogP contribution is -2.48. The van der Waals surface area contributed by atoms with Crippen LogP contribution in [0.4, 0.5) is 5.69 Å². The van der Waals surface area contributed by atoms with Crippen LogP contribution in [0.25, 0.3) is 0 Å². The smallest absolute Gasteiger partial charge is 0.227 e. The van der Waals surface area contributed by atoms with E-state index in [4.69, 9.17) is 0 Å². The van der Waals surface area contributed by atoms with Gasteiger partial charge in [-0.25, -0.2) is 8.42 Å². The number of carbonyl (C=O) groups is 1. The second-order valence-electron chi connectivity index (χ2n) is 8.57. The van der Waals surface area contributed by atoms with Crippen LogP contribution in [-0.2, 0) is 34.3 Å². The van der Waals surface area contributed by atoms with E-state index in [-0.39, 0.29) is 18.3 Å². The van der Waals surface area contributed by atoms with E-state index in [1.807, 2.05) is 28.0 Å². The average Bonchev–Trinajstić information content (AvgIpc) is 2.79. The molecule has 0 radical (unpaired) electrons. The summed E-state index contributed by atoms with van der Waals surface area (Å²) < 4.78 is 27.1. The highest BCUT2D eigenvalue weighted by Crippen LogP contribution is 2.26. The minimum absolute atomic E-state index is 0.00450. The Bertz CT molecular complexity index is 1050. The van der Waals surface area contributed by atoms with E-state index in [0.717, 1.165) is 38.3 Å². The zero-order valence-corrected chi connectivity index (χ0v) is 19.6. The zero-order valence-electron chi connectivity index (χ0n) is 18.8. The number of benzene rings is 1. The molecule has 1 amide bonds. The third kappa shape index (κ3) is 5.28. The Hall–Kier alpha value is -2.49. The summed E-state index contributed by atoms with van der Waals surface area (Å²) >= 11 is 0. The molecule has 172 valence electrons. The van der Waals surface area contributed by atoms with Crippen LogP contribution in [0.15, 0.2) is 42.6 Å². The molecule has 1 saturated heterocycles. The molecule has 0 atom stereocenters. The number of hydrogen-bond donors (Lipinski definition) is 0. The molecule has 0 unspecified atom stereocenters. The fourth-order valence-electron chi connectivity index (χ4n) is 4.33. The molecule has 2 aliphatic rings. The van der Waals surface area contributed by atoms with E-state index < -0.39 is 10.0 Å². The molecule has 1 fully saturated rings. The Morgan fingerprint density at radius 2 is 1.84 bits per heavy atom. The first kappa shape index (κ1) is 22.7. The molecule has 0 saturated carbocycles. The minimum atomic E-state index is -3.42. The van der Waals surface area contributed by atoms with Gasteiger partial charge < -0.3 is 9.80 Å². The first-order chi connectivity index (χ1) is 15.3. The average molecular weight is 458 g/mol. The van der Waals surface area contributed by atoms with E-state index in [1.165, 1.54) is 21.1 Å². The van der Waals surface area contributed by atoms with Crippen LogP contribution in [0.2, 0.25) is 0 Å². The molecule has 0 aliphatic carbocycles. The lowest BCUT2D eigenvalue weighted by atomic mass is 9.99. The van der Waals surface area contributed by atoms with Crippen LogP contribution >= 0.6 is 0 Å². The molecule has 3 heterocycles. The third-order valence-corrected chi connectivity index (χ3v) is 8.07. The van der Waals surface area contributed by atoms with Gasteiger partial charge in [-0.1, -0.05) is 12.1 Å². The highest BCUT2D eigenvalue weighted by Gasteiger charge is 2.26. The summed E-state index contributed by atoms with van der Waals surface area (Å²) in [5.41, 5.74) is 4.39. The second kappa shape index (κ2) is 9.56. The first-order valence-corrected chi connectivity index (χ1v) is 12.6. The third-order valence-electron chi connectivity index (χ3n) is 6.30. The summed E-state index contributed by atoms with van der Waals surface area (Å²) in [6.07, 6.45) is 2.50. The number of carbonyl (C=O) groups excluding carboxylic acids is 1. The highest BCUT2D eigenvalue weighted by molar-refractivity contribution is 7.88. The van der Waals surface area contributed by atoms with Crippen LogP contribution in [0.5, 0.6) is 0 Å². The molecule has 1 aromatic heterocycles. The van der Waals surface area contributed by atoms with Gasteiger partial charge in [0.05, 0.1) is 12.2 Å².